The fraction of sp³-hybridized carbons (Fsp3) is 0.333. The van der Waals surface area contributed by atoms with Crippen molar-refractivity contribution in [2.45, 2.75) is 25.4 Å². The van der Waals surface area contributed by atoms with Gasteiger partial charge in [-0.3, -0.25) is 0 Å². The fourth-order valence-corrected chi connectivity index (χ4v) is 3.20. The molecule has 0 amide bonds. The van der Waals surface area contributed by atoms with Crippen LogP contribution in [0.15, 0.2) is 36.4 Å². The number of benzene rings is 2. The van der Waals surface area contributed by atoms with Gasteiger partial charge in [0.25, 0.3) is 0 Å². The van der Waals surface area contributed by atoms with Gasteiger partial charge in [-0.05, 0) is 55.1 Å². The molecular formula is C18H18ClF2NO. The summed E-state index contributed by atoms with van der Waals surface area (Å²) in [4.78, 5) is 0. The van der Waals surface area contributed by atoms with Gasteiger partial charge in [-0.15, -0.1) is 0 Å². The smallest absolute Gasteiger partial charge is 0.177 e. The van der Waals surface area contributed by atoms with Gasteiger partial charge in [0.15, 0.2) is 11.6 Å². The van der Waals surface area contributed by atoms with Crippen LogP contribution in [0.3, 0.4) is 0 Å². The lowest BCUT2D eigenvalue weighted by Gasteiger charge is -2.25. The van der Waals surface area contributed by atoms with Crippen LogP contribution in [0.4, 0.5) is 8.78 Å². The number of halogens is 3. The zero-order valence-corrected chi connectivity index (χ0v) is 13.4. The standard InChI is InChI=1S/C18H18ClF2NO/c19-17-15(20)5-6-16(21)18(17)23-11-13-3-1-2-4-14(13)12-7-9-22-10-8-12/h1-6,12,22H,7-11H2. The van der Waals surface area contributed by atoms with Crippen LogP contribution in [0.5, 0.6) is 5.75 Å². The summed E-state index contributed by atoms with van der Waals surface area (Å²) in [5.41, 5.74) is 2.20. The lowest BCUT2D eigenvalue weighted by molar-refractivity contribution is 0.286. The lowest BCUT2D eigenvalue weighted by Crippen LogP contribution is -2.27. The Morgan fingerprint density at radius 2 is 1.74 bits per heavy atom. The molecule has 0 unspecified atom stereocenters. The third-order valence-corrected chi connectivity index (χ3v) is 4.56. The average molecular weight is 338 g/mol. The number of nitrogens with one attached hydrogen (secondary N) is 1. The number of rotatable bonds is 4. The van der Waals surface area contributed by atoms with Gasteiger partial charge in [-0.25, -0.2) is 8.78 Å². The Bertz CT molecular complexity index is 687. The van der Waals surface area contributed by atoms with Gasteiger partial charge >= 0.3 is 0 Å². The second kappa shape index (κ2) is 7.28. The Labute approximate surface area is 139 Å². The summed E-state index contributed by atoms with van der Waals surface area (Å²) < 4.78 is 32.8. The van der Waals surface area contributed by atoms with Crippen molar-refractivity contribution in [3.8, 4) is 5.75 Å². The van der Waals surface area contributed by atoms with Crippen molar-refractivity contribution in [1.29, 1.82) is 0 Å². The van der Waals surface area contributed by atoms with Crippen LogP contribution in [0.2, 0.25) is 5.02 Å². The summed E-state index contributed by atoms with van der Waals surface area (Å²) in [7, 11) is 0. The van der Waals surface area contributed by atoms with E-state index in [1.807, 2.05) is 18.2 Å². The van der Waals surface area contributed by atoms with Gasteiger partial charge in [0.2, 0.25) is 0 Å². The molecule has 1 saturated heterocycles. The predicted molar refractivity (Wildman–Crippen MR) is 87.0 cm³/mol. The SMILES string of the molecule is Fc1ccc(F)c(OCc2ccccc2C2CCNCC2)c1Cl. The third kappa shape index (κ3) is 3.65. The summed E-state index contributed by atoms with van der Waals surface area (Å²) >= 11 is 5.80. The normalized spacial score (nSPS) is 15.6. The first kappa shape index (κ1) is 16.2. The van der Waals surface area contributed by atoms with Crippen molar-refractivity contribution in [2.75, 3.05) is 13.1 Å². The second-order valence-electron chi connectivity index (χ2n) is 5.68. The third-order valence-electron chi connectivity index (χ3n) is 4.21. The topological polar surface area (TPSA) is 21.3 Å². The minimum Gasteiger partial charge on any atom is -0.484 e. The van der Waals surface area contributed by atoms with E-state index in [0.717, 1.165) is 43.6 Å². The van der Waals surface area contributed by atoms with Gasteiger partial charge in [0.05, 0.1) is 0 Å². The molecule has 2 aromatic carbocycles. The summed E-state index contributed by atoms with van der Waals surface area (Å²) in [6.07, 6.45) is 2.12. The van der Waals surface area contributed by atoms with Crippen molar-refractivity contribution < 1.29 is 13.5 Å². The molecule has 2 nitrogen and oxygen atoms in total. The highest BCUT2D eigenvalue weighted by atomic mass is 35.5. The van der Waals surface area contributed by atoms with Crippen molar-refractivity contribution >= 4 is 11.6 Å². The zero-order valence-electron chi connectivity index (χ0n) is 12.6. The Hall–Kier alpha value is -1.65. The Morgan fingerprint density at radius 1 is 1.04 bits per heavy atom. The molecule has 0 aliphatic carbocycles. The summed E-state index contributed by atoms with van der Waals surface area (Å²) in [5.74, 6) is -1.11. The molecule has 0 radical (unpaired) electrons. The minimum absolute atomic E-state index is 0.167. The molecule has 0 spiro atoms. The molecule has 5 heteroatoms. The highest BCUT2D eigenvalue weighted by Crippen LogP contribution is 2.33. The van der Waals surface area contributed by atoms with Crippen LogP contribution in [0.1, 0.15) is 29.9 Å². The van der Waals surface area contributed by atoms with Gasteiger partial charge in [-0.1, -0.05) is 35.9 Å². The first-order valence-corrected chi connectivity index (χ1v) is 8.09. The second-order valence-corrected chi connectivity index (χ2v) is 6.06. The molecular weight excluding hydrogens is 320 g/mol. The van der Waals surface area contributed by atoms with Crippen molar-refractivity contribution in [1.82, 2.24) is 5.32 Å². The number of ether oxygens (including phenoxy) is 1. The molecule has 0 saturated carbocycles. The summed E-state index contributed by atoms with van der Waals surface area (Å²) in [6, 6.07) is 9.98. The zero-order chi connectivity index (χ0) is 16.2. The van der Waals surface area contributed by atoms with E-state index in [1.165, 1.54) is 5.56 Å². The lowest BCUT2D eigenvalue weighted by atomic mass is 9.87. The molecule has 2 aromatic rings. The molecule has 1 aliphatic rings. The Morgan fingerprint density at radius 3 is 2.52 bits per heavy atom. The fourth-order valence-electron chi connectivity index (χ4n) is 2.99. The van der Waals surface area contributed by atoms with Gasteiger partial charge in [0.1, 0.15) is 17.4 Å². The van der Waals surface area contributed by atoms with Gasteiger partial charge in [0, 0.05) is 0 Å². The van der Waals surface area contributed by atoms with Crippen LogP contribution in [-0.4, -0.2) is 13.1 Å². The largest absolute Gasteiger partial charge is 0.484 e. The molecule has 0 bridgehead atoms. The number of hydrogen-bond donors (Lipinski definition) is 1. The Balaban J connectivity index is 1.80. The van der Waals surface area contributed by atoms with Crippen LogP contribution in [0.25, 0.3) is 0 Å². The predicted octanol–water partition coefficient (Wildman–Crippen LogP) is 4.66. The Kier molecular flexibility index (Phi) is 5.13. The number of piperidine rings is 1. The number of hydrogen-bond acceptors (Lipinski definition) is 2. The molecule has 0 atom stereocenters. The first-order valence-electron chi connectivity index (χ1n) is 7.71. The molecule has 1 heterocycles. The van der Waals surface area contributed by atoms with Crippen LogP contribution >= 0.6 is 11.6 Å². The maximum atomic E-state index is 13.8. The monoisotopic (exact) mass is 337 g/mol. The average Bonchev–Trinajstić information content (AvgIpc) is 2.59. The van der Waals surface area contributed by atoms with E-state index in [4.69, 9.17) is 16.3 Å². The molecule has 3 rings (SSSR count). The van der Waals surface area contributed by atoms with Crippen molar-refractivity contribution in [3.05, 3.63) is 64.2 Å². The van der Waals surface area contributed by atoms with Gasteiger partial charge < -0.3 is 10.1 Å². The van der Waals surface area contributed by atoms with E-state index in [-0.39, 0.29) is 17.4 Å². The van der Waals surface area contributed by atoms with Gasteiger partial charge in [-0.2, -0.15) is 0 Å². The molecule has 0 aromatic heterocycles. The molecule has 122 valence electrons. The van der Waals surface area contributed by atoms with E-state index in [2.05, 4.69) is 11.4 Å². The quantitative estimate of drug-likeness (QED) is 0.819. The molecule has 23 heavy (non-hydrogen) atoms. The van der Waals surface area contributed by atoms with Crippen molar-refractivity contribution in [2.24, 2.45) is 0 Å². The van der Waals surface area contributed by atoms with E-state index < -0.39 is 11.6 Å². The van der Waals surface area contributed by atoms with E-state index in [0.29, 0.717) is 5.92 Å². The van der Waals surface area contributed by atoms with E-state index in [9.17, 15) is 8.78 Å². The first-order chi connectivity index (χ1) is 11.2. The molecule has 1 N–H and O–H groups in total. The molecule has 1 aliphatic heterocycles. The van der Waals surface area contributed by atoms with E-state index >= 15 is 0 Å². The van der Waals surface area contributed by atoms with Crippen LogP contribution in [-0.2, 0) is 6.61 Å². The van der Waals surface area contributed by atoms with E-state index in [1.54, 1.807) is 0 Å². The highest BCUT2D eigenvalue weighted by molar-refractivity contribution is 6.32. The van der Waals surface area contributed by atoms with Crippen LogP contribution in [0, 0.1) is 11.6 Å². The highest BCUT2D eigenvalue weighted by Gasteiger charge is 2.19. The maximum absolute atomic E-state index is 13.8. The maximum Gasteiger partial charge on any atom is 0.177 e. The van der Waals surface area contributed by atoms with Crippen molar-refractivity contribution in [3.63, 3.8) is 0 Å². The summed E-state index contributed by atoms with van der Waals surface area (Å²) in [5, 5.41) is 3.03. The molecule has 1 fully saturated rings. The minimum atomic E-state index is -0.685. The summed E-state index contributed by atoms with van der Waals surface area (Å²) in [6.45, 7) is 2.15. The van der Waals surface area contributed by atoms with Crippen LogP contribution < -0.4 is 10.1 Å².